The number of ether oxygens (including phenoxy) is 1. The van der Waals surface area contributed by atoms with E-state index in [4.69, 9.17) is 21.4 Å². The number of nitrogens with one attached hydrogen (secondary N) is 1. The molecular formula is C17H13N3O6S. The third kappa shape index (κ3) is 3.42. The van der Waals surface area contributed by atoms with E-state index in [0.717, 1.165) is 4.90 Å². The molecule has 2 aromatic rings. The largest absolute Gasteiger partial charge is 0.496 e. The van der Waals surface area contributed by atoms with E-state index in [1.807, 2.05) is 0 Å². The molecule has 3 rings (SSSR count). The van der Waals surface area contributed by atoms with Crippen LogP contribution in [0.1, 0.15) is 5.76 Å². The smallest absolute Gasteiger partial charge is 0.270 e. The number of rotatable bonds is 4. The fourth-order valence-corrected chi connectivity index (χ4v) is 2.64. The number of furan rings is 1. The fraction of sp³-hybridized carbons (Fsp3) is 0.118. The van der Waals surface area contributed by atoms with Gasteiger partial charge in [-0.25, -0.2) is 0 Å². The Morgan fingerprint density at radius 1 is 1.30 bits per heavy atom. The number of nitro benzene ring substituents is 1. The molecule has 1 aromatic carbocycles. The summed E-state index contributed by atoms with van der Waals surface area (Å²) in [5, 5.41) is 13.4. The van der Waals surface area contributed by atoms with Gasteiger partial charge in [-0.3, -0.25) is 29.9 Å². The predicted molar refractivity (Wildman–Crippen MR) is 98.8 cm³/mol. The lowest BCUT2D eigenvalue weighted by molar-refractivity contribution is -0.384. The highest BCUT2D eigenvalue weighted by Gasteiger charge is 2.31. The number of benzene rings is 1. The maximum Gasteiger partial charge on any atom is 0.270 e. The van der Waals surface area contributed by atoms with Gasteiger partial charge >= 0.3 is 0 Å². The molecule has 2 heterocycles. The lowest BCUT2D eigenvalue weighted by atomic mass is 10.1. The summed E-state index contributed by atoms with van der Waals surface area (Å²) in [6, 6.07) is 7.20. The molecule has 1 saturated heterocycles. The van der Waals surface area contributed by atoms with Crippen LogP contribution >= 0.6 is 12.2 Å². The van der Waals surface area contributed by atoms with Crippen LogP contribution in [0.2, 0.25) is 0 Å². The number of amides is 2. The highest BCUT2D eigenvalue weighted by atomic mass is 32.1. The molecule has 0 spiro atoms. The van der Waals surface area contributed by atoms with Crippen molar-refractivity contribution in [1.29, 1.82) is 0 Å². The van der Waals surface area contributed by atoms with Gasteiger partial charge in [-0.1, -0.05) is 0 Å². The molecule has 1 aliphatic heterocycles. The molecule has 0 unspecified atom stereocenters. The highest BCUT2D eigenvalue weighted by Crippen LogP contribution is 2.34. The van der Waals surface area contributed by atoms with Crippen LogP contribution in [0, 0.1) is 10.1 Å². The van der Waals surface area contributed by atoms with Gasteiger partial charge in [0.1, 0.15) is 22.8 Å². The second-order valence-electron chi connectivity index (χ2n) is 5.53. The fourth-order valence-electron chi connectivity index (χ4n) is 2.47. The van der Waals surface area contributed by atoms with Crippen LogP contribution in [-0.2, 0) is 9.59 Å². The quantitative estimate of drug-likeness (QED) is 0.281. The normalized spacial score (nSPS) is 15.9. The Morgan fingerprint density at radius 3 is 2.70 bits per heavy atom. The van der Waals surface area contributed by atoms with Crippen molar-refractivity contribution in [3.8, 4) is 17.1 Å². The monoisotopic (exact) mass is 387 g/mol. The second kappa shape index (κ2) is 7.00. The molecule has 0 radical (unpaired) electrons. The first-order chi connectivity index (χ1) is 12.8. The number of hydrogen-bond donors (Lipinski definition) is 1. The Balaban J connectivity index is 1.99. The van der Waals surface area contributed by atoms with E-state index >= 15 is 0 Å². The average molecular weight is 387 g/mol. The summed E-state index contributed by atoms with van der Waals surface area (Å²) in [7, 11) is 2.87. The van der Waals surface area contributed by atoms with Crippen LogP contribution in [0.25, 0.3) is 17.4 Å². The topological polar surface area (TPSA) is 115 Å². The molecule has 1 fully saturated rings. The molecule has 0 aliphatic carbocycles. The number of carbonyl (C=O) groups excluding carboxylic acids is 2. The summed E-state index contributed by atoms with van der Waals surface area (Å²) in [5.74, 6) is -0.303. The van der Waals surface area contributed by atoms with Gasteiger partial charge in [-0.05, 0) is 36.5 Å². The summed E-state index contributed by atoms with van der Waals surface area (Å²) < 4.78 is 10.9. The van der Waals surface area contributed by atoms with Gasteiger partial charge in [-0.2, -0.15) is 0 Å². The maximum absolute atomic E-state index is 12.2. The van der Waals surface area contributed by atoms with E-state index in [9.17, 15) is 19.7 Å². The van der Waals surface area contributed by atoms with Gasteiger partial charge < -0.3 is 9.15 Å². The zero-order chi connectivity index (χ0) is 19.7. The van der Waals surface area contributed by atoms with Crippen molar-refractivity contribution in [2.24, 2.45) is 0 Å². The zero-order valence-corrected chi connectivity index (χ0v) is 15.0. The van der Waals surface area contributed by atoms with Gasteiger partial charge in [-0.15, -0.1) is 0 Å². The summed E-state index contributed by atoms with van der Waals surface area (Å²) in [4.78, 5) is 35.8. The van der Waals surface area contributed by atoms with Crippen molar-refractivity contribution in [3.05, 3.63) is 51.8 Å². The van der Waals surface area contributed by atoms with E-state index in [1.165, 1.54) is 44.5 Å². The number of thiocarbonyl (C=S) groups is 1. The summed E-state index contributed by atoms with van der Waals surface area (Å²) in [5.41, 5.74) is 0.103. The third-order valence-electron chi connectivity index (χ3n) is 3.88. The lowest BCUT2D eigenvalue weighted by Crippen LogP contribution is -2.52. The number of methoxy groups -OCH3 is 1. The van der Waals surface area contributed by atoms with Crippen molar-refractivity contribution in [1.82, 2.24) is 10.2 Å². The first-order valence-corrected chi connectivity index (χ1v) is 8.00. The Labute approximate surface area is 158 Å². The van der Waals surface area contributed by atoms with Crippen molar-refractivity contribution < 1.29 is 23.7 Å². The van der Waals surface area contributed by atoms with E-state index in [-0.39, 0.29) is 27.9 Å². The minimum Gasteiger partial charge on any atom is -0.496 e. The number of non-ortho nitro benzene ring substituents is 1. The van der Waals surface area contributed by atoms with E-state index < -0.39 is 16.7 Å². The van der Waals surface area contributed by atoms with E-state index in [0.29, 0.717) is 11.3 Å². The van der Waals surface area contributed by atoms with Crippen molar-refractivity contribution >= 4 is 40.9 Å². The maximum atomic E-state index is 12.2. The van der Waals surface area contributed by atoms with Crippen molar-refractivity contribution in [3.63, 3.8) is 0 Å². The minimum absolute atomic E-state index is 0.0172. The predicted octanol–water partition coefficient (Wildman–Crippen LogP) is 2.12. The Kier molecular flexibility index (Phi) is 4.74. The van der Waals surface area contributed by atoms with Gasteiger partial charge in [0.05, 0.1) is 17.6 Å². The molecule has 2 amide bonds. The lowest BCUT2D eigenvalue weighted by Gasteiger charge is -2.24. The first-order valence-electron chi connectivity index (χ1n) is 7.59. The standard InChI is InChI=1S/C17H13N3O6S/c1-19-16(22)12(15(21)18-17(19)27)8-10-4-6-14(26-10)11-7-9(20(23)24)3-5-13(11)25-2/h3-8H,1-2H3,(H,18,21,27)/b12-8+. The second-order valence-corrected chi connectivity index (χ2v) is 5.91. The van der Waals surface area contributed by atoms with E-state index in [1.54, 1.807) is 6.07 Å². The van der Waals surface area contributed by atoms with Crippen LogP contribution < -0.4 is 10.1 Å². The average Bonchev–Trinajstić information content (AvgIpc) is 3.11. The molecule has 27 heavy (non-hydrogen) atoms. The summed E-state index contributed by atoms with van der Waals surface area (Å²) >= 11 is 4.88. The molecule has 0 saturated carbocycles. The van der Waals surface area contributed by atoms with Gasteiger partial charge in [0.25, 0.3) is 17.5 Å². The van der Waals surface area contributed by atoms with Crippen LogP contribution in [0.4, 0.5) is 5.69 Å². The van der Waals surface area contributed by atoms with Crippen LogP contribution in [-0.4, -0.2) is 40.9 Å². The molecule has 138 valence electrons. The Bertz CT molecular complexity index is 1010. The zero-order valence-electron chi connectivity index (χ0n) is 14.2. The van der Waals surface area contributed by atoms with Crippen LogP contribution in [0.3, 0.4) is 0 Å². The molecule has 9 nitrogen and oxygen atoms in total. The van der Waals surface area contributed by atoms with Crippen LogP contribution in [0.15, 0.2) is 40.3 Å². The number of hydrogen-bond acceptors (Lipinski definition) is 7. The molecule has 0 atom stereocenters. The van der Waals surface area contributed by atoms with Gasteiger partial charge in [0.15, 0.2) is 5.11 Å². The molecule has 1 N–H and O–H groups in total. The molecule has 1 aliphatic rings. The molecule has 0 bridgehead atoms. The molecule has 1 aromatic heterocycles. The SMILES string of the molecule is COc1ccc([N+](=O)[O-])cc1-c1ccc(/C=C2\C(=O)NC(=S)N(C)C2=O)o1. The third-order valence-corrected chi connectivity index (χ3v) is 4.25. The number of carbonyl (C=O) groups is 2. The number of nitrogens with zero attached hydrogens (tertiary/aromatic N) is 2. The first kappa shape index (κ1) is 18.3. The molecular weight excluding hydrogens is 374 g/mol. The highest BCUT2D eigenvalue weighted by molar-refractivity contribution is 7.80. The number of nitro groups is 1. The Morgan fingerprint density at radius 2 is 2.04 bits per heavy atom. The summed E-state index contributed by atoms with van der Waals surface area (Å²) in [6.45, 7) is 0. The van der Waals surface area contributed by atoms with Gasteiger partial charge in [0, 0.05) is 19.2 Å². The number of likely N-dealkylation sites (N-methyl/N-ethyl adjacent to an activating group) is 1. The van der Waals surface area contributed by atoms with E-state index in [2.05, 4.69) is 5.32 Å². The van der Waals surface area contributed by atoms with Gasteiger partial charge in [0.2, 0.25) is 0 Å². The van der Waals surface area contributed by atoms with Crippen molar-refractivity contribution in [2.45, 2.75) is 0 Å². The Hall–Kier alpha value is -3.53. The minimum atomic E-state index is -0.631. The summed E-state index contributed by atoms with van der Waals surface area (Å²) in [6.07, 6.45) is 1.28. The van der Waals surface area contributed by atoms with Crippen molar-refractivity contribution in [2.75, 3.05) is 14.2 Å². The van der Waals surface area contributed by atoms with Crippen LogP contribution in [0.5, 0.6) is 5.75 Å². The molecule has 10 heteroatoms.